The van der Waals surface area contributed by atoms with Crippen LogP contribution >= 0.6 is 0 Å². The number of rotatable bonds is 1. The highest BCUT2D eigenvalue weighted by molar-refractivity contribution is 4.89. The Hall–Kier alpha value is -0.120. The summed E-state index contributed by atoms with van der Waals surface area (Å²) >= 11 is 0. The molecule has 3 aliphatic rings. The van der Waals surface area contributed by atoms with Crippen LogP contribution in [0.5, 0.6) is 0 Å². The summed E-state index contributed by atoms with van der Waals surface area (Å²) in [5.74, 6) is 0.675. The van der Waals surface area contributed by atoms with E-state index >= 15 is 0 Å². The second-order valence-corrected chi connectivity index (χ2v) is 4.77. The fourth-order valence-corrected chi connectivity index (χ4v) is 2.91. The third-order valence-corrected chi connectivity index (χ3v) is 3.76. The number of fused-ring (bicyclic) bond motifs is 1. The average molecular weight is 197 g/mol. The summed E-state index contributed by atoms with van der Waals surface area (Å²) in [5, 5.41) is 3.30. The molecule has 3 nitrogen and oxygen atoms in total. The van der Waals surface area contributed by atoms with Crippen LogP contribution in [0, 0.1) is 5.92 Å². The molecule has 3 fully saturated rings. The SMILES string of the molecule is C1CCC(C2OC3CNCC3O2)CC1. The molecule has 2 saturated heterocycles. The Bertz CT molecular complexity index is 191. The summed E-state index contributed by atoms with van der Waals surface area (Å²) in [5.41, 5.74) is 0. The smallest absolute Gasteiger partial charge is 0.161 e. The van der Waals surface area contributed by atoms with Crippen LogP contribution in [-0.4, -0.2) is 31.6 Å². The Morgan fingerprint density at radius 2 is 1.50 bits per heavy atom. The molecule has 2 aliphatic heterocycles. The molecule has 1 saturated carbocycles. The van der Waals surface area contributed by atoms with Gasteiger partial charge >= 0.3 is 0 Å². The standard InChI is InChI=1S/C11H19NO2/c1-2-4-8(5-3-1)11-13-9-6-12-7-10(9)14-11/h8-12H,1-7H2. The van der Waals surface area contributed by atoms with Crippen LogP contribution in [0.4, 0.5) is 0 Å². The molecule has 2 atom stereocenters. The fourth-order valence-electron chi connectivity index (χ4n) is 2.91. The lowest BCUT2D eigenvalue weighted by Crippen LogP contribution is -2.27. The highest BCUT2D eigenvalue weighted by atomic mass is 16.7. The van der Waals surface area contributed by atoms with Gasteiger partial charge in [-0.3, -0.25) is 0 Å². The molecule has 0 bridgehead atoms. The summed E-state index contributed by atoms with van der Waals surface area (Å²) in [6.45, 7) is 1.96. The van der Waals surface area contributed by atoms with Crippen molar-refractivity contribution in [1.82, 2.24) is 5.32 Å². The zero-order valence-corrected chi connectivity index (χ0v) is 8.58. The van der Waals surface area contributed by atoms with Gasteiger partial charge in [0.25, 0.3) is 0 Å². The van der Waals surface area contributed by atoms with E-state index in [1.165, 1.54) is 32.1 Å². The Morgan fingerprint density at radius 3 is 2.14 bits per heavy atom. The molecular weight excluding hydrogens is 178 g/mol. The highest BCUT2D eigenvalue weighted by Crippen LogP contribution is 2.34. The van der Waals surface area contributed by atoms with E-state index < -0.39 is 0 Å². The summed E-state index contributed by atoms with van der Waals surface area (Å²) in [7, 11) is 0. The molecule has 0 aromatic carbocycles. The zero-order valence-electron chi connectivity index (χ0n) is 8.58. The second kappa shape index (κ2) is 3.80. The molecule has 2 unspecified atom stereocenters. The molecule has 80 valence electrons. The van der Waals surface area contributed by atoms with Crippen molar-refractivity contribution in [3.05, 3.63) is 0 Å². The van der Waals surface area contributed by atoms with E-state index in [0.29, 0.717) is 18.1 Å². The van der Waals surface area contributed by atoms with E-state index in [4.69, 9.17) is 9.47 Å². The first-order chi connectivity index (χ1) is 6.93. The Kier molecular flexibility index (Phi) is 2.48. The molecule has 1 N–H and O–H groups in total. The van der Waals surface area contributed by atoms with Gasteiger partial charge < -0.3 is 14.8 Å². The minimum absolute atomic E-state index is 0.118. The number of nitrogens with one attached hydrogen (secondary N) is 1. The van der Waals surface area contributed by atoms with Crippen molar-refractivity contribution in [2.24, 2.45) is 5.92 Å². The normalized spacial score (nSPS) is 44.1. The fraction of sp³-hybridized carbons (Fsp3) is 1.00. The second-order valence-electron chi connectivity index (χ2n) is 4.77. The molecule has 0 aromatic rings. The van der Waals surface area contributed by atoms with Crippen LogP contribution in [-0.2, 0) is 9.47 Å². The van der Waals surface area contributed by atoms with Crippen molar-refractivity contribution in [3.63, 3.8) is 0 Å². The molecule has 14 heavy (non-hydrogen) atoms. The minimum atomic E-state index is 0.118. The Balaban J connectivity index is 1.59. The molecular formula is C11H19NO2. The monoisotopic (exact) mass is 197 g/mol. The van der Waals surface area contributed by atoms with E-state index in [1.807, 2.05) is 0 Å². The number of hydrogen-bond donors (Lipinski definition) is 1. The lowest BCUT2D eigenvalue weighted by molar-refractivity contribution is -0.115. The number of ether oxygens (including phenoxy) is 2. The third kappa shape index (κ3) is 1.58. The predicted molar refractivity (Wildman–Crippen MR) is 53.0 cm³/mol. The maximum Gasteiger partial charge on any atom is 0.161 e. The quantitative estimate of drug-likeness (QED) is 0.687. The molecule has 2 heterocycles. The van der Waals surface area contributed by atoms with E-state index in [-0.39, 0.29) is 6.29 Å². The van der Waals surface area contributed by atoms with Gasteiger partial charge in [-0.25, -0.2) is 0 Å². The van der Waals surface area contributed by atoms with E-state index in [0.717, 1.165) is 13.1 Å². The highest BCUT2D eigenvalue weighted by Gasteiger charge is 2.42. The van der Waals surface area contributed by atoms with Crippen molar-refractivity contribution in [1.29, 1.82) is 0 Å². The van der Waals surface area contributed by atoms with E-state index in [1.54, 1.807) is 0 Å². The number of hydrogen-bond acceptors (Lipinski definition) is 3. The van der Waals surface area contributed by atoms with Crippen LogP contribution in [0.25, 0.3) is 0 Å². The largest absolute Gasteiger partial charge is 0.345 e. The van der Waals surface area contributed by atoms with Gasteiger partial charge in [-0.2, -0.15) is 0 Å². The van der Waals surface area contributed by atoms with Crippen molar-refractivity contribution in [2.45, 2.75) is 50.6 Å². The van der Waals surface area contributed by atoms with Gasteiger partial charge in [-0.15, -0.1) is 0 Å². The van der Waals surface area contributed by atoms with Crippen LogP contribution in [0.1, 0.15) is 32.1 Å². The summed E-state index contributed by atoms with van der Waals surface area (Å²) in [6.07, 6.45) is 7.52. The molecule has 3 rings (SSSR count). The van der Waals surface area contributed by atoms with Gasteiger partial charge in [0.05, 0.1) is 0 Å². The first-order valence-electron chi connectivity index (χ1n) is 5.95. The first-order valence-corrected chi connectivity index (χ1v) is 5.95. The average Bonchev–Trinajstić information content (AvgIpc) is 2.78. The molecule has 0 aromatic heterocycles. The predicted octanol–water partition coefficient (Wildman–Crippen LogP) is 1.28. The van der Waals surface area contributed by atoms with Gasteiger partial charge in [-0.05, 0) is 12.8 Å². The van der Waals surface area contributed by atoms with Crippen molar-refractivity contribution in [2.75, 3.05) is 13.1 Å². The maximum atomic E-state index is 5.94. The minimum Gasteiger partial charge on any atom is -0.345 e. The topological polar surface area (TPSA) is 30.5 Å². The molecule has 1 aliphatic carbocycles. The lowest BCUT2D eigenvalue weighted by Gasteiger charge is -2.26. The molecule has 0 radical (unpaired) electrons. The molecule has 0 spiro atoms. The molecule has 0 amide bonds. The zero-order chi connectivity index (χ0) is 9.38. The Morgan fingerprint density at radius 1 is 0.857 bits per heavy atom. The lowest BCUT2D eigenvalue weighted by atomic mass is 9.89. The van der Waals surface area contributed by atoms with Crippen molar-refractivity contribution >= 4 is 0 Å². The maximum absolute atomic E-state index is 5.94. The Labute approximate surface area is 85.1 Å². The first kappa shape index (κ1) is 9.13. The van der Waals surface area contributed by atoms with Gasteiger partial charge in [0.2, 0.25) is 0 Å². The van der Waals surface area contributed by atoms with Crippen molar-refractivity contribution in [3.8, 4) is 0 Å². The van der Waals surface area contributed by atoms with E-state index in [9.17, 15) is 0 Å². The van der Waals surface area contributed by atoms with Crippen LogP contribution in [0.3, 0.4) is 0 Å². The van der Waals surface area contributed by atoms with Gasteiger partial charge in [0.15, 0.2) is 6.29 Å². The summed E-state index contributed by atoms with van der Waals surface area (Å²) < 4.78 is 11.9. The third-order valence-electron chi connectivity index (χ3n) is 3.76. The summed E-state index contributed by atoms with van der Waals surface area (Å²) in [4.78, 5) is 0. The van der Waals surface area contributed by atoms with Crippen LogP contribution in [0.15, 0.2) is 0 Å². The summed E-state index contributed by atoms with van der Waals surface area (Å²) in [6, 6.07) is 0. The van der Waals surface area contributed by atoms with Crippen molar-refractivity contribution < 1.29 is 9.47 Å². The van der Waals surface area contributed by atoms with E-state index in [2.05, 4.69) is 5.32 Å². The van der Waals surface area contributed by atoms with Gasteiger partial charge in [-0.1, -0.05) is 19.3 Å². The van der Waals surface area contributed by atoms with Crippen LogP contribution in [0.2, 0.25) is 0 Å². The van der Waals surface area contributed by atoms with Gasteiger partial charge in [0.1, 0.15) is 12.2 Å². The van der Waals surface area contributed by atoms with Crippen LogP contribution < -0.4 is 5.32 Å². The molecule has 3 heteroatoms. The van der Waals surface area contributed by atoms with Gasteiger partial charge in [0, 0.05) is 19.0 Å².